The molecule has 0 aliphatic heterocycles. The van der Waals surface area contributed by atoms with Gasteiger partial charge in [0.1, 0.15) is 0 Å². The van der Waals surface area contributed by atoms with E-state index in [4.69, 9.17) is 0 Å². The lowest BCUT2D eigenvalue weighted by atomic mass is 9.81. The van der Waals surface area contributed by atoms with Gasteiger partial charge in [-0.25, -0.2) is 65.9 Å². The van der Waals surface area contributed by atoms with Crippen LogP contribution in [0, 0.1) is 87.3 Å². The molecule has 5 aromatic rings. The molecule has 46 heavy (non-hydrogen) atoms. The maximum Gasteiger partial charge on any atom is 0.200 e. The Balaban J connectivity index is 1.98. The van der Waals surface area contributed by atoms with Gasteiger partial charge in [0.15, 0.2) is 69.8 Å². The molecule has 236 valence electrons. The summed E-state index contributed by atoms with van der Waals surface area (Å²) in [4.78, 5) is 0. The molecule has 0 atom stereocenters. The van der Waals surface area contributed by atoms with Crippen molar-refractivity contribution in [2.45, 2.75) is 6.42 Å². The van der Waals surface area contributed by atoms with Crippen molar-refractivity contribution in [1.82, 2.24) is 0 Å². The van der Waals surface area contributed by atoms with Crippen LogP contribution in [0.4, 0.5) is 65.9 Å². The zero-order valence-electron chi connectivity index (χ0n) is 21.8. The molecular formula is C31H7F15. The van der Waals surface area contributed by atoms with Crippen molar-refractivity contribution in [3.05, 3.63) is 129 Å². The van der Waals surface area contributed by atoms with E-state index in [0.29, 0.717) is 6.07 Å². The monoisotopic (exact) mass is 664 g/mol. The van der Waals surface area contributed by atoms with E-state index in [1.165, 1.54) is 24.3 Å². The Bertz CT molecular complexity index is 2100. The van der Waals surface area contributed by atoms with Crippen LogP contribution in [0.5, 0.6) is 0 Å². The molecule has 1 aliphatic rings. The molecule has 0 saturated carbocycles. The molecule has 5 aromatic carbocycles. The fourth-order valence-electron chi connectivity index (χ4n) is 5.50. The Labute approximate surface area is 246 Å². The molecule has 0 heterocycles. The summed E-state index contributed by atoms with van der Waals surface area (Å²) in [5.41, 5.74) is -12.4. The van der Waals surface area contributed by atoms with Crippen molar-refractivity contribution < 1.29 is 65.9 Å². The van der Waals surface area contributed by atoms with E-state index in [1.807, 2.05) is 0 Å². The van der Waals surface area contributed by atoms with E-state index in [1.54, 1.807) is 0 Å². The van der Waals surface area contributed by atoms with Crippen LogP contribution in [-0.4, -0.2) is 0 Å². The number of rotatable bonds is 3. The third-order valence-corrected chi connectivity index (χ3v) is 7.51. The summed E-state index contributed by atoms with van der Waals surface area (Å²) in [5.74, 6) is -41.1. The average Bonchev–Trinajstić information content (AvgIpc) is 3.42. The first-order valence-corrected chi connectivity index (χ1v) is 12.4. The van der Waals surface area contributed by atoms with Gasteiger partial charge in [-0.2, -0.15) is 0 Å². The highest BCUT2D eigenvalue weighted by molar-refractivity contribution is 6.02. The number of hydrogen-bond donors (Lipinski definition) is 0. The molecule has 6 rings (SSSR count). The van der Waals surface area contributed by atoms with E-state index in [-0.39, 0.29) is 11.1 Å². The first-order valence-electron chi connectivity index (χ1n) is 12.4. The lowest BCUT2D eigenvalue weighted by Crippen LogP contribution is -2.11. The Morgan fingerprint density at radius 3 is 1.09 bits per heavy atom. The van der Waals surface area contributed by atoms with Gasteiger partial charge in [0.25, 0.3) is 0 Å². The van der Waals surface area contributed by atoms with Crippen molar-refractivity contribution in [2.75, 3.05) is 0 Å². The van der Waals surface area contributed by atoms with Crippen LogP contribution in [-0.2, 0) is 6.42 Å². The second-order valence-corrected chi connectivity index (χ2v) is 9.87. The molecule has 0 amide bonds. The van der Waals surface area contributed by atoms with Crippen LogP contribution in [0.1, 0.15) is 11.1 Å². The SMILES string of the molecule is Fc1c(F)c(F)c(-c2cc3c(c(-c4c(F)c(F)c(F)c(F)c4F)c2-c2c(F)c(F)c(F)c(F)c2F)Cc2ccccc2-3)c(F)c1F. The van der Waals surface area contributed by atoms with Crippen LogP contribution < -0.4 is 0 Å². The van der Waals surface area contributed by atoms with Crippen molar-refractivity contribution in [3.63, 3.8) is 0 Å². The molecule has 0 unspecified atom stereocenters. The smallest absolute Gasteiger partial charge is 0.200 e. The van der Waals surface area contributed by atoms with Crippen LogP contribution in [0.3, 0.4) is 0 Å². The van der Waals surface area contributed by atoms with Gasteiger partial charge in [-0.15, -0.1) is 0 Å². The summed E-state index contributed by atoms with van der Waals surface area (Å²) in [6, 6.07) is 5.72. The van der Waals surface area contributed by atoms with E-state index >= 15 is 26.3 Å². The molecule has 0 radical (unpaired) electrons. The standard InChI is InChI=1S/C31H7F15/c32-17-14(18(33)24(39)29(44)23(17)38)11-6-9-8-4-2-1-3-7(8)5-10(9)12(15-19(34)25(40)30(45)26(41)20(15)35)13(11)16-21(36)27(42)31(46)28(43)22(16)37/h1-4,6H,5H2. The fourth-order valence-corrected chi connectivity index (χ4v) is 5.50. The maximum atomic E-state index is 15.4. The van der Waals surface area contributed by atoms with Gasteiger partial charge in [0.05, 0.1) is 16.7 Å². The summed E-state index contributed by atoms with van der Waals surface area (Å²) in [6.45, 7) is 0. The van der Waals surface area contributed by atoms with E-state index < -0.39 is 138 Å². The molecule has 0 nitrogen and oxygen atoms in total. The van der Waals surface area contributed by atoms with Crippen molar-refractivity contribution >= 4 is 0 Å². The quantitative estimate of drug-likeness (QED) is 0.100. The molecular weight excluding hydrogens is 657 g/mol. The van der Waals surface area contributed by atoms with Gasteiger partial charge in [0, 0.05) is 11.1 Å². The van der Waals surface area contributed by atoms with Gasteiger partial charge in [0.2, 0.25) is 17.5 Å². The highest BCUT2D eigenvalue weighted by Gasteiger charge is 2.39. The third kappa shape index (κ3) is 4.06. The van der Waals surface area contributed by atoms with Crippen LogP contribution in [0.2, 0.25) is 0 Å². The molecule has 0 saturated heterocycles. The highest BCUT2D eigenvalue weighted by atomic mass is 19.2. The summed E-state index contributed by atoms with van der Waals surface area (Å²) in [6.07, 6.45) is -0.611. The fraction of sp³-hybridized carbons (Fsp3) is 0.0323. The maximum absolute atomic E-state index is 15.4. The number of fused-ring (bicyclic) bond motifs is 3. The summed E-state index contributed by atoms with van der Waals surface area (Å²) in [7, 11) is 0. The van der Waals surface area contributed by atoms with E-state index in [9.17, 15) is 39.5 Å². The van der Waals surface area contributed by atoms with Gasteiger partial charge in [-0.1, -0.05) is 24.3 Å². The molecule has 0 fully saturated rings. The second-order valence-electron chi connectivity index (χ2n) is 9.87. The largest absolute Gasteiger partial charge is 0.203 e. The summed E-state index contributed by atoms with van der Waals surface area (Å²) in [5, 5.41) is 0. The second kappa shape index (κ2) is 10.6. The minimum Gasteiger partial charge on any atom is -0.203 e. The molecule has 0 spiro atoms. The van der Waals surface area contributed by atoms with E-state index in [0.717, 1.165) is 0 Å². The minimum absolute atomic E-state index is 0.0169. The Morgan fingerprint density at radius 2 is 0.652 bits per heavy atom. The third-order valence-electron chi connectivity index (χ3n) is 7.51. The molecule has 0 N–H and O–H groups in total. The zero-order chi connectivity index (χ0) is 33.7. The van der Waals surface area contributed by atoms with Crippen molar-refractivity contribution in [2.24, 2.45) is 0 Å². The number of hydrogen-bond acceptors (Lipinski definition) is 0. The highest BCUT2D eigenvalue weighted by Crippen LogP contribution is 2.54. The topological polar surface area (TPSA) is 0 Å². The number of halogens is 15. The van der Waals surface area contributed by atoms with E-state index in [2.05, 4.69) is 0 Å². The van der Waals surface area contributed by atoms with Gasteiger partial charge < -0.3 is 0 Å². The lowest BCUT2D eigenvalue weighted by molar-refractivity contribution is 0.380. The first-order chi connectivity index (χ1) is 21.6. The molecule has 0 aromatic heterocycles. The van der Waals surface area contributed by atoms with Crippen molar-refractivity contribution in [1.29, 1.82) is 0 Å². The molecule has 1 aliphatic carbocycles. The van der Waals surface area contributed by atoms with Crippen LogP contribution in [0.25, 0.3) is 44.5 Å². The average molecular weight is 664 g/mol. The predicted octanol–water partition coefficient (Wildman–Crippen LogP) is 10.3. The Morgan fingerprint density at radius 1 is 0.304 bits per heavy atom. The predicted molar refractivity (Wildman–Crippen MR) is 130 cm³/mol. The Hall–Kier alpha value is -4.95. The normalized spacial score (nSPS) is 12.2. The number of benzene rings is 5. The minimum atomic E-state index is -2.83. The molecule has 15 heteroatoms. The van der Waals surface area contributed by atoms with Gasteiger partial charge >= 0.3 is 0 Å². The van der Waals surface area contributed by atoms with Gasteiger partial charge in [-0.05, 0) is 40.3 Å². The van der Waals surface area contributed by atoms with Crippen LogP contribution in [0.15, 0.2) is 30.3 Å². The zero-order valence-corrected chi connectivity index (χ0v) is 21.8. The van der Waals surface area contributed by atoms with Crippen molar-refractivity contribution in [3.8, 4) is 44.5 Å². The van der Waals surface area contributed by atoms with Gasteiger partial charge in [-0.3, -0.25) is 0 Å². The lowest BCUT2D eigenvalue weighted by Gasteiger charge is -2.23. The Kier molecular flexibility index (Phi) is 7.13. The van der Waals surface area contributed by atoms with Crippen LogP contribution >= 0.6 is 0 Å². The summed E-state index contributed by atoms with van der Waals surface area (Å²) >= 11 is 0. The summed E-state index contributed by atoms with van der Waals surface area (Å²) < 4.78 is 221. The first kappa shape index (κ1) is 31.0. The molecule has 0 bridgehead atoms.